The molecule has 6 heteroatoms. The Morgan fingerprint density at radius 2 is 1.65 bits per heavy atom. The first-order valence-electron chi connectivity index (χ1n) is 7.84. The summed E-state index contributed by atoms with van der Waals surface area (Å²) in [5, 5.41) is 5.56. The summed E-state index contributed by atoms with van der Waals surface area (Å²) < 4.78 is 0. The topological polar surface area (TPSA) is 70.2 Å². The highest BCUT2D eigenvalue weighted by molar-refractivity contribution is 5.99. The Balaban J connectivity index is 1.59. The van der Waals surface area contributed by atoms with Gasteiger partial charge in [0.05, 0.1) is 18.1 Å². The van der Waals surface area contributed by atoms with Crippen LogP contribution in [0.1, 0.15) is 24.0 Å². The molecule has 2 amide bonds. The molecule has 2 N–H and O–H groups in total. The third kappa shape index (κ3) is 3.77. The fraction of sp³-hybridized carbons (Fsp3) is 0.353. The zero-order valence-corrected chi connectivity index (χ0v) is 13.5. The molecule has 0 atom stereocenters. The summed E-state index contributed by atoms with van der Waals surface area (Å²) in [5.41, 5.74) is 3.68. The van der Waals surface area contributed by atoms with Gasteiger partial charge in [-0.25, -0.2) is 14.8 Å². The average Bonchev–Trinajstić information content (AvgIpc) is 3.06. The maximum absolute atomic E-state index is 12.0. The van der Waals surface area contributed by atoms with Crippen LogP contribution in [0.3, 0.4) is 0 Å². The van der Waals surface area contributed by atoms with Crippen LogP contribution in [0.15, 0.2) is 30.6 Å². The molecule has 0 unspecified atom stereocenters. The molecule has 0 bridgehead atoms. The van der Waals surface area contributed by atoms with E-state index in [1.54, 1.807) is 12.4 Å². The number of rotatable bonds is 3. The van der Waals surface area contributed by atoms with Crippen LogP contribution >= 0.6 is 0 Å². The van der Waals surface area contributed by atoms with Gasteiger partial charge in [-0.15, -0.1) is 0 Å². The summed E-state index contributed by atoms with van der Waals surface area (Å²) in [6.07, 6.45) is 5.64. The summed E-state index contributed by atoms with van der Waals surface area (Å²) in [7, 11) is 0. The number of anilines is 3. The molecule has 1 aliphatic rings. The Bertz CT molecular complexity index is 693. The molecule has 1 aromatic heterocycles. The fourth-order valence-electron chi connectivity index (χ4n) is 2.58. The Kier molecular flexibility index (Phi) is 4.41. The predicted octanol–water partition coefficient (Wildman–Crippen LogP) is 3.34. The number of aromatic nitrogens is 2. The van der Waals surface area contributed by atoms with Gasteiger partial charge in [0.25, 0.3) is 0 Å². The Morgan fingerprint density at radius 3 is 2.30 bits per heavy atom. The Labute approximate surface area is 135 Å². The highest BCUT2D eigenvalue weighted by Gasteiger charge is 2.14. The summed E-state index contributed by atoms with van der Waals surface area (Å²) in [4.78, 5) is 22.8. The third-order valence-corrected chi connectivity index (χ3v) is 4.05. The van der Waals surface area contributed by atoms with Crippen molar-refractivity contribution in [1.82, 2.24) is 9.97 Å². The van der Waals surface area contributed by atoms with Gasteiger partial charge in [0.15, 0.2) is 0 Å². The van der Waals surface area contributed by atoms with Crippen LogP contribution in [0.25, 0.3) is 0 Å². The molecule has 1 aromatic carbocycles. The van der Waals surface area contributed by atoms with Gasteiger partial charge in [0.2, 0.25) is 5.95 Å². The van der Waals surface area contributed by atoms with Crippen LogP contribution in [0.2, 0.25) is 0 Å². The smallest absolute Gasteiger partial charge is 0.323 e. The van der Waals surface area contributed by atoms with E-state index >= 15 is 0 Å². The van der Waals surface area contributed by atoms with Gasteiger partial charge in [0.1, 0.15) is 0 Å². The lowest BCUT2D eigenvalue weighted by atomic mass is 10.1. The fourth-order valence-corrected chi connectivity index (χ4v) is 2.58. The first kappa shape index (κ1) is 15.3. The lowest BCUT2D eigenvalue weighted by Gasteiger charge is -2.15. The van der Waals surface area contributed by atoms with Gasteiger partial charge in [0, 0.05) is 18.8 Å². The third-order valence-electron chi connectivity index (χ3n) is 4.05. The number of carbonyl (C=O) groups excluding carboxylic acids is 1. The average molecular weight is 311 g/mol. The van der Waals surface area contributed by atoms with Gasteiger partial charge in [-0.2, -0.15) is 0 Å². The number of hydrogen-bond donors (Lipinski definition) is 2. The van der Waals surface area contributed by atoms with Crippen molar-refractivity contribution in [3.8, 4) is 0 Å². The maximum atomic E-state index is 12.0. The molecule has 0 saturated carbocycles. The van der Waals surface area contributed by atoms with E-state index in [-0.39, 0.29) is 6.03 Å². The first-order chi connectivity index (χ1) is 11.1. The molecule has 6 nitrogen and oxygen atoms in total. The minimum Gasteiger partial charge on any atom is -0.341 e. The van der Waals surface area contributed by atoms with Crippen molar-refractivity contribution in [2.24, 2.45) is 0 Å². The van der Waals surface area contributed by atoms with E-state index in [4.69, 9.17) is 0 Å². The van der Waals surface area contributed by atoms with Gasteiger partial charge in [-0.1, -0.05) is 6.07 Å². The first-order valence-corrected chi connectivity index (χ1v) is 7.84. The summed E-state index contributed by atoms with van der Waals surface area (Å²) >= 11 is 0. The van der Waals surface area contributed by atoms with E-state index in [1.807, 2.05) is 32.0 Å². The predicted molar refractivity (Wildman–Crippen MR) is 92.0 cm³/mol. The minimum atomic E-state index is -0.300. The largest absolute Gasteiger partial charge is 0.341 e. The lowest BCUT2D eigenvalue weighted by Crippen LogP contribution is -2.22. The highest BCUT2D eigenvalue weighted by Crippen LogP contribution is 2.17. The number of aryl methyl sites for hydroxylation is 2. The lowest BCUT2D eigenvalue weighted by molar-refractivity contribution is 0.262. The van der Waals surface area contributed by atoms with Gasteiger partial charge >= 0.3 is 6.03 Å². The maximum Gasteiger partial charge on any atom is 0.323 e. The van der Waals surface area contributed by atoms with Gasteiger partial charge in [-0.3, -0.25) is 0 Å². The van der Waals surface area contributed by atoms with Crippen molar-refractivity contribution in [3.05, 3.63) is 41.7 Å². The molecule has 2 aromatic rings. The van der Waals surface area contributed by atoms with E-state index in [2.05, 4.69) is 25.5 Å². The quantitative estimate of drug-likeness (QED) is 0.912. The normalized spacial score (nSPS) is 13.9. The van der Waals surface area contributed by atoms with E-state index in [0.29, 0.717) is 5.69 Å². The minimum absolute atomic E-state index is 0.300. The van der Waals surface area contributed by atoms with E-state index in [0.717, 1.165) is 30.3 Å². The molecule has 0 spiro atoms. The SMILES string of the molecule is Cc1ccc(NC(=O)Nc2cnc(N3CCCC3)nc2)cc1C. The standard InChI is InChI=1S/C17H21N5O/c1-12-5-6-14(9-13(12)2)20-17(23)21-15-10-18-16(19-11-15)22-7-3-4-8-22/h5-6,9-11H,3-4,7-8H2,1-2H3,(H2,20,21,23). The van der Waals surface area contributed by atoms with Crippen molar-refractivity contribution < 1.29 is 4.79 Å². The van der Waals surface area contributed by atoms with Crippen LogP contribution in [0.5, 0.6) is 0 Å². The highest BCUT2D eigenvalue weighted by atomic mass is 16.2. The zero-order valence-electron chi connectivity index (χ0n) is 13.5. The number of nitrogens with zero attached hydrogens (tertiary/aromatic N) is 3. The number of carbonyl (C=O) groups is 1. The van der Waals surface area contributed by atoms with E-state index in [1.165, 1.54) is 18.4 Å². The Morgan fingerprint density at radius 1 is 1.00 bits per heavy atom. The zero-order chi connectivity index (χ0) is 16.2. The van der Waals surface area contributed by atoms with Crippen molar-refractivity contribution in [1.29, 1.82) is 0 Å². The second kappa shape index (κ2) is 6.64. The van der Waals surface area contributed by atoms with Gasteiger partial charge < -0.3 is 15.5 Å². The number of urea groups is 1. The molecule has 0 radical (unpaired) electrons. The Hall–Kier alpha value is -2.63. The summed E-state index contributed by atoms with van der Waals surface area (Å²) in [6, 6.07) is 5.51. The molecule has 3 rings (SSSR count). The second-order valence-electron chi connectivity index (χ2n) is 5.84. The monoisotopic (exact) mass is 311 g/mol. The number of nitrogens with one attached hydrogen (secondary N) is 2. The van der Waals surface area contributed by atoms with Crippen LogP contribution in [-0.4, -0.2) is 29.1 Å². The molecular formula is C17H21N5O. The molecule has 2 heterocycles. The molecule has 23 heavy (non-hydrogen) atoms. The summed E-state index contributed by atoms with van der Waals surface area (Å²) in [5.74, 6) is 0.725. The van der Waals surface area contributed by atoms with Crippen LogP contribution in [0.4, 0.5) is 22.1 Å². The van der Waals surface area contributed by atoms with Crippen molar-refractivity contribution >= 4 is 23.4 Å². The summed E-state index contributed by atoms with van der Waals surface area (Å²) in [6.45, 7) is 6.06. The van der Waals surface area contributed by atoms with E-state index < -0.39 is 0 Å². The molecule has 1 saturated heterocycles. The van der Waals surface area contributed by atoms with Crippen LogP contribution in [-0.2, 0) is 0 Å². The van der Waals surface area contributed by atoms with Crippen LogP contribution < -0.4 is 15.5 Å². The van der Waals surface area contributed by atoms with Crippen LogP contribution in [0, 0.1) is 13.8 Å². The van der Waals surface area contributed by atoms with Gasteiger partial charge in [-0.05, 0) is 49.9 Å². The molecule has 120 valence electrons. The van der Waals surface area contributed by atoms with Crippen molar-refractivity contribution in [2.45, 2.75) is 26.7 Å². The van der Waals surface area contributed by atoms with Crippen molar-refractivity contribution in [2.75, 3.05) is 28.6 Å². The molecule has 1 aliphatic heterocycles. The van der Waals surface area contributed by atoms with Crippen molar-refractivity contribution in [3.63, 3.8) is 0 Å². The molecule has 0 aliphatic carbocycles. The number of amides is 2. The number of hydrogen-bond acceptors (Lipinski definition) is 4. The number of benzene rings is 1. The second-order valence-corrected chi connectivity index (χ2v) is 5.84. The molecule has 1 fully saturated rings. The van der Waals surface area contributed by atoms with E-state index in [9.17, 15) is 4.79 Å². The molecular weight excluding hydrogens is 290 g/mol.